The van der Waals surface area contributed by atoms with E-state index in [2.05, 4.69) is 5.32 Å². The number of carbonyl (C=O) groups excluding carboxylic acids is 1. The van der Waals surface area contributed by atoms with Gasteiger partial charge in [0.25, 0.3) is 0 Å². The van der Waals surface area contributed by atoms with Crippen LogP contribution < -0.4 is 10.1 Å². The first kappa shape index (κ1) is 12.7. The van der Waals surface area contributed by atoms with E-state index in [1.54, 1.807) is 0 Å². The molecule has 1 aliphatic heterocycles. The fraction of sp³-hybridized carbons (Fsp3) is 0.500. The first-order chi connectivity index (χ1) is 8.46. The summed E-state index contributed by atoms with van der Waals surface area (Å²) in [4.78, 5) is 11.8. The molecule has 1 aromatic carbocycles. The molecule has 0 aromatic heterocycles. The highest BCUT2D eigenvalue weighted by atomic mass is 16.6. The van der Waals surface area contributed by atoms with Crippen LogP contribution in [0.2, 0.25) is 0 Å². The number of para-hydroxylation sites is 1. The van der Waals surface area contributed by atoms with E-state index in [1.807, 2.05) is 45.0 Å². The molecule has 1 atom stereocenters. The van der Waals surface area contributed by atoms with E-state index in [-0.39, 0.29) is 12.1 Å². The minimum atomic E-state index is -0.477. The average Bonchev–Trinajstić information content (AvgIpc) is 2.27. The fourth-order valence-corrected chi connectivity index (χ4v) is 1.94. The van der Waals surface area contributed by atoms with Crippen LogP contribution in [0.4, 0.5) is 4.79 Å². The molecule has 4 heteroatoms. The zero-order valence-electron chi connectivity index (χ0n) is 11.0. The maximum absolute atomic E-state index is 11.8. The Morgan fingerprint density at radius 2 is 2.11 bits per heavy atom. The van der Waals surface area contributed by atoms with Crippen LogP contribution in [-0.2, 0) is 4.74 Å². The number of hydrogen-bond acceptors (Lipinski definition) is 3. The van der Waals surface area contributed by atoms with Gasteiger partial charge in [-0.25, -0.2) is 4.79 Å². The highest BCUT2D eigenvalue weighted by molar-refractivity contribution is 5.68. The number of nitrogens with one attached hydrogen (secondary N) is 1. The average molecular weight is 249 g/mol. The van der Waals surface area contributed by atoms with E-state index in [0.29, 0.717) is 6.61 Å². The molecule has 1 aromatic rings. The molecule has 0 spiro atoms. The van der Waals surface area contributed by atoms with E-state index in [0.717, 1.165) is 17.7 Å². The lowest BCUT2D eigenvalue weighted by Crippen LogP contribution is -2.36. The number of benzene rings is 1. The molecular formula is C14H19NO3. The van der Waals surface area contributed by atoms with Crippen LogP contribution in [0, 0.1) is 0 Å². The molecule has 98 valence electrons. The topological polar surface area (TPSA) is 47.6 Å². The molecule has 1 heterocycles. The Labute approximate surface area is 107 Å². The smallest absolute Gasteiger partial charge is 0.408 e. The van der Waals surface area contributed by atoms with Gasteiger partial charge in [0.15, 0.2) is 0 Å². The molecule has 0 saturated carbocycles. The van der Waals surface area contributed by atoms with E-state index in [1.165, 1.54) is 0 Å². The molecule has 0 radical (unpaired) electrons. The third-order valence-corrected chi connectivity index (χ3v) is 2.65. The van der Waals surface area contributed by atoms with E-state index in [4.69, 9.17) is 9.47 Å². The molecule has 0 aliphatic carbocycles. The normalized spacial score (nSPS) is 18.5. The maximum atomic E-state index is 11.8. The summed E-state index contributed by atoms with van der Waals surface area (Å²) in [7, 11) is 0. The van der Waals surface area contributed by atoms with Crippen molar-refractivity contribution in [3.8, 4) is 5.75 Å². The van der Waals surface area contributed by atoms with Crippen LogP contribution in [0.15, 0.2) is 24.3 Å². The van der Waals surface area contributed by atoms with E-state index in [9.17, 15) is 4.79 Å². The first-order valence-electron chi connectivity index (χ1n) is 6.17. The SMILES string of the molecule is CC(C)(C)OC(=O)NC1CCOc2ccccc21. The Balaban J connectivity index is 2.05. The minimum Gasteiger partial charge on any atom is -0.493 e. The van der Waals surface area contributed by atoms with Crippen molar-refractivity contribution < 1.29 is 14.3 Å². The predicted molar refractivity (Wildman–Crippen MR) is 68.7 cm³/mol. The van der Waals surface area contributed by atoms with Crippen molar-refractivity contribution in [3.05, 3.63) is 29.8 Å². The predicted octanol–water partition coefficient (Wildman–Crippen LogP) is 3.03. The Morgan fingerprint density at radius 3 is 2.83 bits per heavy atom. The summed E-state index contributed by atoms with van der Waals surface area (Å²) >= 11 is 0. The summed E-state index contributed by atoms with van der Waals surface area (Å²) in [5.74, 6) is 0.838. The van der Waals surface area contributed by atoms with Gasteiger partial charge in [0.2, 0.25) is 0 Å². The number of rotatable bonds is 1. The zero-order valence-corrected chi connectivity index (χ0v) is 11.0. The molecule has 0 saturated heterocycles. The summed E-state index contributed by atoms with van der Waals surface area (Å²) in [5.41, 5.74) is 0.531. The Bertz CT molecular complexity index is 437. The van der Waals surface area contributed by atoms with Crippen molar-refractivity contribution >= 4 is 6.09 Å². The van der Waals surface area contributed by atoms with Crippen LogP contribution in [0.1, 0.15) is 38.8 Å². The Hall–Kier alpha value is -1.71. The van der Waals surface area contributed by atoms with Gasteiger partial charge < -0.3 is 14.8 Å². The largest absolute Gasteiger partial charge is 0.493 e. The number of alkyl carbamates (subject to hydrolysis) is 1. The van der Waals surface area contributed by atoms with Gasteiger partial charge in [-0.05, 0) is 26.8 Å². The zero-order chi connectivity index (χ0) is 13.2. The summed E-state index contributed by atoms with van der Waals surface area (Å²) in [5, 5.41) is 2.89. The van der Waals surface area contributed by atoms with Crippen LogP contribution in [0.5, 0.6) is 5.75 Å². The number of ether oxygens (including phenoxy) is 2. The van der Waals surface area contributed by atoms with Crippen LogP contribution in [-0.4, -0.2) is 18.3 Å². The number of fused-ring (bicyclic) bond motifs is 1. The van der Waals surface area contributed by atoms with Crippen molar-refractivity contribution in [3.63, 3.8) is 0 Å². The van der Waals surface area contributed by atoms with Crippen LogP contribution >= 0.6 is 0 Å². The molecule has 2 rings (SSSR count). The number of amides is 1. The monoisotopic (exact) mass is 249 g/mol. The van der Waals surface area contributed by atoms with Crippen molar-refractivity contribution in [2.24, 2.45) is 0 Å². The molecule has 1 N–H and O–H groups in total. The molecular weight excluding hydrogens is 230 g/mol. The third-order valence-electron chi connectivity index (χ3n) is 2.65. The molecule has 1 amide bonds. The van der Waals surface area contributed by atoms with Crippen molar-refractivity contribution in [1.29, 1.82) is 0 Å². The molecule has 1 aliphatic rings. The summed E-state index contributed by atoms with van der Waals surface area (Å²) in [6.07, 6.45) is 0.375. The van der Waals surface area contributed by atoms with Gasteiger partial charge in [-0.15, -0.1) is 0 Å². The van der Waals surface area contributed by atoms with Gasteiger partial charge in [-0.3, -0.25) is 0 Å². The number of carbonyl (C=O) groups is 1. The van der Waals surface area contributed by atoms with Crippen LogP contribution in [0.3, 0.4) is 0 Å². The highest BCUT2D eigenvalue weighted by Crippen LogP contribution is 2.31. The molecule has 0 fully saturated rings. The summed E-state index contributed by atoms with van der Waals surface area (Å²) < 4.78 is 10.8. The minimum absolute atomic E-state index is 0.0372. The van der Waals surface area contributed by atoms with Crippen molar-refractivity contribution in [1.82, 2.24) is 5.32 Å². The van der Waals surface area contributed by atoms with Gasteiger partial charge in [0.05, 0.1) is 12.6 Å². The van der Waals surface area contributed by atoms with Gasteiger partial charge in [0.1, 0.15) is 11.4 Å². The van der Waals surface area contributed by atoms with Crippen molar-refractivity contribution in [2.45, 2.75) is 38.8 Å². The third kappa shape index (κ3) is 3.15. The second kappa shape index (κ2) is 4.88. The quantitative estimate of drug-likeness (QED) is 0.832. The van der Waals surface area contributed by atoms with Crippen LogP contribution in [0.25, 0.3) is 0 Å². The molecule has 4 nitrogen and oxygen atoms in total. The lowest BCUT2D eigenvalue weighted by molar-refractivity contribution is 0.0491. The molecule has 1 unspecified atom stereocenters. The second-order valence-corrected chi connectivity index (χ2v) is 5.37. The summed E-state index contributed by atoms with van der Waals surface area (Å²) in [6, 6.07) is 7.71. The summed E-state index contributed by atoms with van der Waals surface area (Å²) in [6.45, 7) is 6.16. The fourth-order valence-electron chi connectivity index (χ4n) is 1.94. The lowest BCUT2D eigenvalue weighted by Gasteiger charge is -2.28. The lowest BCUT2D eigenvalue weighted by atomic mass is 10.0. The Morgan fingerprint density at radius 1 is 1.39 bits per heavy atom. The first-order valence-corrected chi connectivity index (χ1v) is 6.17. The second-order valence-electron chi connectivity index (χ2n) is 5.37. The molecule has 18 heavy (non-hydrogen) atoms. The Kier molecular flexibility index (Phi) is 3.45. The number of hydrogen-bond donors (Lipinski definition) is 1. The van der Waals surface area contributed by atoms with Gasteiger partial charge in [-0.2, -0.15) is 0 Å². The van der Waals surface area contributed by atoms with Crippen molar-refractivity contribution in [2.75, 3.05) is 6.61 Å². The standard InChI is InChI=1S/C14H19NO3/c1-14(2,3)18-13(16)15-11-8-9-17-12-7-5-4-6-10(11)12/h4-7,11H,8-9H2,1-3H3,(H,15,16). The highest BCUT2D eigenvalue weighted by Gasteiger charge is 2.25. The van der Waals surface area contributed by atoms with Gasteiger partial charge in [0, 0.05) is 12.0 Å². The maximum Gasteiger partial charge on any atom is 0.408 e. The van der Waals surface area contributed by atoms with E-state index >= 15 is 0 Å². The van der Waals surface area contributed by atoms with Gasteiger partial charge in [-0.1, -0.05) is 18.2 Å². The van der Waals surface area contributed by atoms with Gasteiger partial charge >= 0.3 is 6.09 Å². The molecule has 0 bridgehead atoms. The van der Waals surface area contributed by atoms with E-state index < -0.39 is 5.60 Å².